The first kappa shape index (κ1) is 15.2. The van der Waals surface area contributed by atoms with Crippen LogP contribution in [-0.4, -0.2) is 14.7 Å². The van der Waals surface area contributed by atoms with E-state index in [-0.39, 0.29) is 10.6 Å². The van der Waals surface area contributed by atoms with Gasteiger partial charge in [-0.05, 0) is 37.1 Å². The van der Waals surface area contributed by atoms with Crippen molar-refractivity contribution in [2.24, 2.45) is 0 Å². The SMILES string of the molecule is Cc1ccc([N+](=O)[O-])cc1CNc1cc(-n2cccn2)sc1C. The van der Waals surface area contributed by atoms with Crippen LogP contribution >= 0.6 is 11.3 Å². The molecule has 3 rings (SSSR count). The van der Waals surface area contributed by atoms with E-state index in [2.05, 4.69) is 10.4 Å². The number of hydrogen-bond acceptors (Lipinski definition) is 5. The number of hydrogen-bond donors (Lipinski definition) is 1. The van der Waals surface area contributed by atoms with Crippen LogP contribution in [0.3, 0.4) is 0 Å². The standard InChI is InChI=1S/C16H16N4O2S/c1-11-4-5-14(20(21)22)8-13(11)10-17-15-9-16(23-12(15)2)19-7-3-6-18-19/h3-9,17H,10H2,1-2H3. The lowest BCUT2D eigenvalue weighted by atomic mass is 10.1. The van der Waals surface area contributed by atoms with E-state index in [0.29, 0.717) is 6.54 Å². The Morgan fingerprint density at radius 3 is 2.87 bits per heavy atom. The van der Waals surface area contributed by atoms with Crippen molar-refractivity contribution in [3.05, 3.63) is 68.8 Å². The molecule has 0 saturated heterocycles. The summed E-state index contributed by atoms with van der Waals surface area (Å²) in [7, 11) is 0. The number of nitro benzene ring substituents is 1. The third-order valence-electron chi connectivity index (χ3n) is 3.65. The van der Waals surface area contributed by atoms with E-state index >= 15 is 0 Å². The molecule has 118 valence electrons. The second-order valence-corrected chi connectivity index (χ2v) is 6.46. The van der Waals surface area contributed by atoms with Gasteiger partial charge in [0.25, 0.3) is 5.69 Å². The van der Waals surface area contributed by atoms with E-state index < -0.39 is 0 Å². The predicted octanol–water partition coefficient (Wildman–Crippen LogP) is 4.07. The quantitative estimate of drug-likeness (QED) is 0.566. The molecule has 0 amide bonds. The highest BCUT2D eigenvalue weighted by Crippen LogP contribution is 2.29. The normalized spacial score (nSPS) is 10.7. The molecule has 6 nitrogen and oxygen atoms in total. The van der Waals surface area contributed by atoms with Gasteiger partial charge in [0, 0.05) is 35.9 Å². The molecule has 0 radical (unpaired) electrons. The second kappa shape index (κ2) is 6.21. The molecule has 0 atom stereocenters. The van der Waals surface area contributed by atoms with Crippen molar-refractivity contribution >= 4 is 22.7 Å². The number of anilines is 1. The molecule has 0 aliphatic carbocycles. The summed E-state index contributed by atoms with van der Waals surface area (Å²) in [5.74, 6) is 0. The molecule has 7 heteroatoms. The monoisotopic (exact) mass is 328 g/mol. The summed E-state index contributed by atoms with van der Waals surface area (Å²) in [5.41, 5.74) is 3.09. The van der Waals surface area contributed by atoms with Crippen LogP contribution in [0.1, 0.15) is 16.0 Å². The Labute approximate surface area is 137 Å². The number of nitrogens with one attached hydrogen (secondary N) is 1. The van der Waals surface area contributed by atoms with Gasteiger partial charge in [-0.15, -0.1) is 11.3 Å². The number of rotatable bonds is 5. The molecular formula is C16H16N4O2S. The van der Waals surface area contributed by atoms with Crippen molar-refractivity contribution in [1.29, 1.82) is 0 Å². The molecule has 3 aromatic rings. The highest BCUT2D eigenvalue weighted by Gasteiger charge is 2.11. The van der Waals surface area contributed by atoms with Crippen LogP contribution < -0.4 is 5.32 Å². The van der Waals surface area contributed by atoms with Crippen LogP contribution in [-0.2, 0) is 6.54 Å². The Bertz CT molecular complexity index is 840. The van der Waals surface area contributed by atoms with E-state index in [0.717, 1.165) is 26.7 Å². The minimum absolute atomic E-state index is 0.117. The van der Waals surface area contributed by atoms with E-state index in [1.807, 2.05) is 36.9 Å². The van der Waals surface area contributed by atoms with Crippen molar-refractivity contribution in [3.63, 3.8) is 0 Å². The summed E-state index contributed by atoms with van der Waals surface area (Å²) >= 11 is 1.65. The molecule has 0 spiro atoms. The number of benzene rings is 1. The van der Waals surface area contributed by atoms with Crippen molar-refractivity contribution in [2.75, 3.05) is 5.32 Å². The fraction of sp³-hybridized carbons (Fsp3) is 0.188. The van der Waals surface area contributed by atoms with Gasteiger partial charge in [-0.25, -0.2) is 4.68 Å². The zero-order chi connectivity index (χ0) is 16.4. The first-order valence-corrected chi connectivity index (χ1v) is 7.94. The number of aryl methyl sites for hydroxylation is 2. The van der Waals surface area contributed by atoms with Crippen molar-refractivity contribution in [3.8, 4) is 5.00 Å². The predicted molar refractivity (Wildman–Crippen MR) is 91.3 cm³/mol. The Morgan fingerprint density at radius 2 is 2.17 bits per heavy atom. The molecule has 0 aliphatic rings. The highest BCUT2D eigenvalue weighted by atomic mass is 32.1. The molecule has 0 saturated carbocycles. The smallest absolute Gasteiger partial charge is 0.269 e. The van der Waals surface area contributed by atoms with Gasteiger partial charge >= 0.3 is 0 Å². The number of nitro groups is 1. The zero-order valence-corrected chi connectivity index (χ0v) is 13.6. The summed E-state index contributed by atoms with van der Waals surface area (Å²) in [6.45, 7) is 4.54. The van der Waals surface area contributed by atoms with E-state index in [4.69, 9.17) is 0 Å². The summed E-state index contributed by atoms with van der Waals surface area (Å²) < 4.78 is 1.82. The second-order valence-electron chi connectivity index (χ2n) is 5.23. The number of non-ortho nitro benzene ring substituents is 1. The van der Waals surface area contributed by atoms with Gasteiger partial charge in [0.2, 0.25) is 0 Å². The van der Waals surface area contributed by atoms with Crippen molar-refractivity contribution < 1.29 is 4.92 Å². The molecule has 0 aliphatic heterocycles. The third kappa shape index (κ3) is 3.24. The van der Waals surface area contributed by atoms with Crippen molar-refractivity contribution in [2.45, 2.75) is 20.4 Å². The highest BCUT2D eigenvalue weighted by molar-refractivity contribution is 7.15. The largest absolute Gasteiger partial charge is 0.380 e. The average Bonchev–Trinajstić information content (AvgIpc) is 3.16. The van der Waals surface area contributed by atoms with Gasteiger partial charge in [-0.3, -0.25) is 10.1 Å². The summed E-state index contributed by atoms with van der Waals surface area (Å²) in [6.07, 6.45) is 3.65. The van der Waals surface area contributed by atoms with Gasteiger partial charge < -0.3 is 5.32 Å². The molecule has 1 N–H and O–H groups in total. The zero-order valence-electron chi connectivity index (χ0n) is 12.8. The molecule has 0 fully saturated rings. The van der Waals surface area contributed by atoms with Crippen LogP contribution in [0.2, 0.25) is 0 Å². The molecule has 2 heterocycles. The lowest BCUT2D eigenvalue weighted by Gasteiger charge is -2.08. The summed E-state index contributed by atoms with van der Waals surface area (Å²) in [5, 5.41) is 19.5. The Morgan fingerprint density at radius 1 is 1.35 bits per heavy atom. The molecular weight excluding hydrogens is 312 g/mol. The molecule has 23 heavy (non-hydrogen) atoms. The van der Waals surface area contributed by atoms with Crippen LogP contribution in [0.4, 0.5) is 11.4 Å². The lowest BCUT2D eigenvalue weighted by molar-refractivity contribution is -0.384. The van der Waals surface area contributed by atoms with Gasteiger partial charge in [0.05, 0.1) is 10.6 Å². The first-order chi connectivity index (χ1) is 11.0. The number of nitrogens with zero attached hydrogens (tertiary/aromatic N) is 3. The lowest BCUT2D eigenvalue weighted by Crippen LogP contribution is -2.02. The van der Waals surface area contributed by atoms with E-state index in [9.17, 15) is 10.1 Å². The Hall–Kier alpha value is -2.67. The van der Waals surface area contributed by atoms with Gasteiger partial charge in [-0.1, -0.05) is 6.07 Å². The summed E-state index contributed by atoms with van der Waals surface area (Å²) in [4.78, 5) is 11.7. The Kier molecular flexibility index (Phi) is 4.12. The Balaban J connectivity index is 1.79. The topological polar surface area (TPSA) is 73.0 Å². The van der Waals surface area contributed by atoms with E-state index in [1.54, 1.807) is 29.7 Å². The molecule has 0 unspecified atom stereocenters. The van der Waals surface area contributed by atoms with Gasteiger partial charge in [0.15, 0.2) is 0 Å². The van der Waals surface area contributed by atoms with Gasteiger partial charge in [-0.2, -0.15) is 5.10 Å². The maximum Gasteiger partial charge on any atom is 0.269 e. The minimum Gasteiger partial charge on any atom is -0.380 e. The molecule has 0 bridgehead atoms. The summed E-state index contributed by atoms with van der Waals surface area (Å²) in [6, 6.07) is 8.86. The van der Waals surface area contributed by atoms with Crippen LogP contribution in [0, 0.1) is 24.0 Å². The molecule has 1 aromatic carbocycles. The van der Waals surface area contributed by atoms with E-state index in [1.165, 1.54) is 6.07 Å². The number of thiophene rings is 1. The van der Waals surface area contributed by atoms with Crippen LogP contribution in [0.15, 0.2) is 42.7 Å². The first-order valence-electron chi connectivity index (χ1n) is 7.13. The van der Waals surface area contributed by atoms with Gasteiger partial charge in [0.1, 0.15) is 5.00 Å². The fourth-order valence-electron chi connectivity index (χ4n) is 2.31. The van der Waals surface area contributed by atoms with Crippen LogP contribution in [0.25, 0.3) is 5.00 Å². The maximum atomic E-state index is 10.9. The van der Waals surface area contributed by atoms with Crippen molar-refractivity contribution in [1.82, 2.24) is 9.78 Å². The number of aromatic nitrogens is 2. The maximum absolute atomic E-state index is 10.9. The molecule has 2 aromatic heterocycles. The van der Waals surface area contributed by atoms with Crippen LogP contribution in [0.5, 0.6) is 0 Å². The fourth-order valence-corrected chi connectivity index (χ4v) is 3.24. The third-order valence-corrected chi connectivity index (χ3v) is 4.69. The minimum atomic E-state index is -0.366. The average molecular weight is 328 g/mol.